The number of halogens is 3. The van der Waals surface area contributed by atoms with E-state index in [2.05, 4.69) is 47.8 Å². The first-order chi connectivity index (χ1) is 5.12. The van der Waals surface area contributed by atoms with Crippen LogP contribution >= 0.6 is 47.8 Å². The Labute approximate surface area is 99.1 Å². The molecule has 0 bridgehead atoms. The fourth-order valence-corrected chi connectivity index (χ4v) is 0. The summed E-state index contributed by atoms with van der Waals surface area (Å²) in [5.74, 6) is 0. The molecule has 12 heavy (non-hydrogen) atoms. The Kier molecular flexibility index (Phi) is 8.91. The van der Waals surface area contributed by atoms with Crippen LogP contribution in [0.5, 0.6) is 0 Å². The second-order valence-corrected chi connectivity index (χ2v) is 7.21. The maximum Gasteiger partial charge on any atom is 0.184 e. The van der Waals surface area contributed by atoms with E-state index in [-0.39, 0.29) is 0 Å². The third kappa shape index (κ3) is 22.5. The summed E-state index contributed by atoms with van der Waals surface area (Å²) < 4.78 is -0.917. The van der Waals surface area contributed by atoms with Crippen LogP contribution < -0.4 is 0 Å². The SMILES string of the molecule is CCC(C)(C)O.OC(Br)(Br)CBr. The van der Waals surface area contributed by atoms with Crippen LogP contribution in [-0.4, -0.2) is 24.6 Å². The minimum absolute atomic E-state index is 0.458. The monoisotopic (exact) mass is 368 g/mol. The molecular weight excluding hydrogens is 356 g/mol. The number of alkyl halides is 3. The van der Waals surface area contributed by atoms with Gasteiger partial charge in [-0.1, -0.05) is 22.9 Å². The van der Waals surface area contributed by atoms with Crippen molar-refractivity contribution in [1.82, 2.24) is 0 Å². The molecule has 0 heterocycles. The summed E-state index contributed by atoms with van der Waals surface area (Å²) in [6.07, 6.45) is 0.826. The molecule has 0 unspecified atom stereocenters. The van der Waals surface area contributed by atoms with Crippen LogP contribution in [0.2, 0.25) is 0 Å². The Bertz CT molecular complexity index is 90.2. The molecule has 0 aliphatic rings. The van der Waals surface area contributed by atoms with Gasteiger partial charge in [-0.25, -0.2) is 0 Å². The first kappa shape index (κ1) is 15.8. The van der Waals surface area contributed by atoms with Crippen LogP contribution in [0.15, 0.2) is 0 Å². The minimum atomic E-state index is -0.917. The van der Waals surface area contributed by atoms with Crippen LogP contribution in [0.25, 0.3) is 0 Å². The van der Waals surface area contributed by atoms with Crippen LogP contribution in [0.1, 0.15) is 27.2 Å². The predicted octanol–water partition coefficient (Wildman–Crippen LogP) is 2.98. The van der Waals surface area contributed by atoms with Gasteiger partial charge in [-0.15, -0.1) is 0 Å². The highest BCUT2D eigenvalue weighted by Gasteiger charge is 2.13. The van der Waals surface area contributed by atoms with Gasteiger partial charge in [-0.05, 0) is 52.1 Å². The van der Waals surface area contributed by atoms with Crippen molar-refractivity contribution in [2.75, 3.05) is 5.33 Å². The third-order valence-corrected chi connectivity index (χ3v) is 3.90. The fourth-order valence-electron chi connectivity index (χ4n) is 0. The van der Waals surface area contributed by atoms with Gasteiger partial charge in [0.1, 0.15) is 0 Å². The highest BCUT2D eigenvalue weighted by atomic mass is 79.9. The average Bonchev–Trinajstić information content (AvgIpc) is 1.86. The summed E-state index contributed by atoms with van der Waals surface area (Å²) in [6.45, 7) is 5.56. The van der Waals surface area contributed by atoms with Gasteiger partial charge in [0.05, 0.1) is 10.9 Å². The van der Waals surface area contributed by atoms with Crippen molar-refractivity contribution in [3.63, 3.8) is 0 Å². The number of hydrogen-bond donors (Lipinski definition) is 2. The molecule has 0 aromatic rings. The minimum Gasteiger partial charge on any atom is -0.390 e. The zero-order valence-corrected chi connectivity index (χ0v) is 12.2. The molecule has 0 aliphatic carbocycles. The van der Waals surface area contributed by atoms with Crippen LogP contribution in [0, 0.1) is 0 Å². The van der Waals surface area contributed by atoms with Crippen molar-refractivity contribution < 1.29 is 10.2 Å². The van der Waals surface area contributed by atoms with E-state index in [4.69, 9.17) is 10.2 Å². The zero-order valence-electron chi connectivity index (χ0n) is 7.44. The standard InChI is InChI=1S/C5H12O.C2H3Br3O/c1-4-5(2,3)6;3-1-2(4,5)6/h6H,4H2,1-3H3;6H,1H2. The second kappa shape index (κ2) is 6.76. The predicted molar refractivity (Wildman–Crippen MR) is 63.2 cm³/mol. The Hall–Kier alpha value is 1.36. The second-order valence-electron chi connectivity index (χ2n) is 2.97. The Balaban J connectivity index is 0. The van der Waals surface area contributed by atoms with Crippen molar-refractivity contribution in [1.29, 1.82) is 0 Å². The van der Waals surface area contributed by atoms with Gasteiger partial charge >= 0.3 is 0 Å². The van der Waals surface area contributed by atoms with Crippen LogP contribution in [0.4, 0.5) is 0 Å². The van der Waals surface area contributed by atoms with Crippen molar-refractivity contribution >= 4 is 47.8 Å². The summed E-state index contributed by atoms with van der Waals surface area (Å²) >= 11 is 8.83. The largest absolute Gasteiger partial charge is 0.390 e. The lowest BCUT2D eigenvalue weighted by molar-refractivity contribution is 0.0765. The van der Waals surface area contributed by atoms with E-state index < -0.39 is 9.02 Å². The Morgan fingerprint density at radius 1 is 1.17 bits per heavy atom. The molecular formula is C7H15Br3O2. The summed E-state index contributed by atoms with van der Waals surface area (Å²) in [6, 6.07) is 0. The van der Waals surface area contributed by atoms with Gasteiger partial charge in [-0.2, -0.15) is 0 Å². The molecule has 76 valence electrons. The number of rotatable bonds is 2. The van der Waals surface area contributed by atoms with Gasteiger partial charge in [0.25, 0.3) is 0 Å². The van der Waals surface area contributed by atoms with E-state index in [0.29, 0.717) is 5.33 Å². The van der Waals surface area contributed by atoms with Crippen LogP contribution in [0.3, 0.4) is 0 Å². The molecule has 0 aliphatic heterocycles. The molecule has 0 saturated heterocycles. The third-order valence-electron chi connectivity index (χ3n) is 1.03. The molecule has 0 saturated carbocycles. The van der Waals surface area contributed by atoms with E-state index in [0.717, 1.165) is 6.42 Å². The van der Waals surface area contributed by atoms with Crippen molar-refractivity contribution in [3.8, 4) is 0 Å². The maximum atomic E-state index is 8.83. The summed E-state index contributed by atoms with van der Waals surface area (Å²) in [5.41, 5.74) is -0.458. The molecule has 0 rings (SSSR count). The molecule has 0 atom stereocenters. The van der Waals surface area contributed by atoms with Gasteiger partial charge in [-0.3, -0.25) is 0 Å². The Morgan fingerprint density at radius 2 is 1.33 bits per heavy atom. The first-order valence-corrected chi connectivity index (χ1v) is 6.21. The van der Waals surface area contributed by atoms with E-state index in [1.165, 1.54) is 0 Å². The van der Waals surface area contributed by atoms with E-state index in [1.807, 2.05) is 6.92 Å². The van der Waals surface area contributed by atoms with Crippen molar-refractivity contribution in [2.45, 2.75) is 36.2 Å². The molecule has 0 spiro atoms. The quantitative estimate of drug-likeness (QED) is 0.734. The van der Waals surface area contributed by atoms with Crippen molar-refractivity contribution in [2.24, 2.45) is 0 Å². The van der Waals surface area contributed by atoms with Gasteiger partial charge in [0.15, 0.2) is 3.42 Å². The first-order valence-electron chi connectivity index (χ1n) is 3.51. The molecule has 0 aromatic heterocycles. The van der Waals surface area contributed by atoms with Gasteiger partial charge in [0, 0.05) is 0 Å². The fraction of sp³-hybridized carbons (Fsp3) is 1.00. The van der Waals surface area contributed by atoms with Gasteiger partial charge < -0.3 is 10.2 Å². The highest BCUT2D eigenvalue weighted by molar-refractivity contribution is 9.26. The summed E-state index contributed by atoms with van der Waals surface area (Å²) in [4.78, 5) is 0. The number of hydrogen-bond acceptors (Lipinski definition) is 2. The number of aliphatic hydroxyl groups is 2. The summed E-state index contributed by atoms with van der Waals surface area (Å²) in [5, 5.41) is 17.9. The highest BCUT2D eigenvalue weighted by Crippen LogP contribution is 2.23. The molecule has 2 N–H and O–H groups in total. The molecule has 0 radical (unpaired) electrons. The summed E-state index contributed by atoms with van der Waals surface area (Å²) in [7, 11) is 0. The lowest BCUT2D eigenvalue weighted by Crippen LogP contribution is -2.15. The molecule has 2 nitrogen and oxygen atoms in total. The van der Waals surface area contributed by atoms with Crippen LogP contribution in [-0.2, 0) is 0 Å². The smallest absolute Gasteiger partial charge is 0.184 e. The van der Waals surface area contributed by atoms with E-state index >= 15 is 0 Å². The van der Waals surface area contributed by atoms with Crippen molar-refractivity contribution in [3.05, 3.63) is 0 Å². The van der Waals surface area contributed by atoms with E-state index in [9.17, 15) is 0 Å². The average molecular weight is 371 g/mol. The zero-order chi connectivity index (χ0) is 10.4. The van der Waals surface area contributed by atoms with E-state index in [1.54, 1.807) is 13.8 Å². The maximum absolute atomic E-state index is 8.83. The lowest BCUT2D eigenvalue weighted by atomic mass is 10.1. The molecule has 5 heteroatoms. The Morgan fingerprint density at radius 3 is 1.33 bits per heavy atom. The lowest BCUT2D eigenvalue weighted by Gasteiger charge is -2.11. The normalized spacial score (nSPS) is 12.0. The molecule has 0 aromatic carbocycles. The molecule has 0 fully saturated rings. The topological polar surface area (TPSA) is 40.5 Å². The van der Waals surface area contributed by atoms with Gasteiger partial charge in [0.2, 0.25) is 0 Å². The molecule has 0 amide bonds.